The van der Waals surface area contributed by atoms with Crippen LogP contribution in [0, 0.1) is 6.92 Å². The number of rotatable bonds is 4. The van der Waals surface area contributed by atoms with Crippen molar-refractivity contribution in [2.45, 2.75) is 38.1 Å². The van der Waals surface area contributed by atoms with Crippen molar-refractivity contribution in [2.75, 3.05) is 0 Å². The van der Waals surface area contributed by atoms with Crippen molar-refractivity contribution in [3.05, 3.63) is 43.0 Å². The van der Waals surface area contributed by atoms with E-state index in [1.807, 2.05) is 0 Å². The highest BCUT2D eigenvalue weighted by Crippen LogP contribution is 2.31. The molecule has 0 saturated carbocycles. The first kappa shape index (κ1) is 14.0. The van der Waals surface area contributed by atoms with Crippen molar-refractivity contribution in [2.24, 2.45) is 5.11 Å². The van der Waals surface area contributed by atoms with Crippen LogP contribution in [0.3, 0.4) is 0 Å². The summed E-state index contributed by atoms with van der Waals surface area (Å²) in [6, 6.07) is -0.519. The number of hydrogen-bond acceptors (Lipinski definition) is 5. The van der Waals surface area contributed by atoms with Gasteiger partial charge in [-0.25, -0.2) is 4.79 Å². The molecule has 0 spiro atoms. The maximum absolute atomic E-state index is 11.8. The molecule has 0 unspecified atom stereocenters. The second-order valence-electron chi connectivity index (χ2n) is 4.52. The van der Waals surface area contributed by atoms with E-state index in [1.165, 1.54) is 10.8 Å². The molecule has 1 fully saturated rings. The third-order valence-electron chi connectivity index (χ3n) is 3.19. The van der Waals surface area contributed by atoms with Crippen LogP contribution >= 0.6 is 0 Å². The zero-order valence-electron chi connectivity index (χ0n) is 10.7. The van der Waals surface area contributed by atoms with Crippen LogP contribution in [-0.2, 0) is 9.53 Å². The van der Waals surface area contributed by atoms with Crippen molar-refractivity contribution in [1.82, 2.24) is 9.55 Å². The fourth-order valence-electron chi connectivity index (χ4n) is 2.18. The minimum Gasteiger partial charge on any atom is -0.354 e. The summed E-state index contributed by atoms with van der Waals surface area (Å²) < 4.78 is 6.81. The highest BCUT2D eigenvalue weighted by atomic mass is 16.5. The van der Waals surface area contributed by atoms with Gasteiger partial charge in [-0.05, 0) is 12.5 Å². The molecule has 1 saturated heterocycles. The van der Waals surface area contributed by atoms with E-state index < -0.39 is 29.6 Å². The van der Waals surface area contributed by atoms with Crippen LogP contribution in [0.15, 0.2) is 20.9 Å². The van der Waals surface area contributed by atoms with E-state index in [4.69, 9.17) is 10.3 Å². The van der Waals surface area contributed by atoms with Crippen LogP contribution in [0.2, 0.25) is 0 Å². The van der Waals surface area contributed by atoms with E-state index in [9.17, 15) is 14.4 Å². The number of hydrogen-bond donors (Lipinski definition) is 1. The zero-order chi connectivity index (χ0) is 14.7. The molecule has 1 aromatic rings. The molecule has 0 aliphatic carbocycles. The normalized spacial score (nSPS) is 25.1. The van der Waals surface area contributed by atoms with Crippen molar-refractivity contribution in [3.63, 3.8) is 0 Å². The first-order valence-electron chi connectivity index (χ1n) is 6.02. The number of H-pyrrole nitrogens is 1. The fourth-order valence-corrected chi connectivity index (χ4v) is 2.18. The Hall–Kier alpha value is -2.38. The van der Waals surface area contributed by atoms with Crippen LogP contribution in [0.5, 0.6) is 0 Å². The van der Waals surface area contributed by atoms with Gasteiger partial charge in [0.2, 0.25) is 0 Å². The third-order valence-corrected chi connectivity index (χ3v) is 3.19. The quantitative estimate of drug-likeness (QED) is 0.370. The number of aromatic amines is 1. The topological polar surface area (TPSA) is 130 Å². The molecule has 20 heavy (non-hydrogen) atoms. The number of aryl methyl sites for hydroxylation is 1. The maximum Gasteiger partial charge on any atom is 0.330 e. The van der Waals surface area contributed by atoms with Gasteiger partial charge in [-0.15, -0.1) is 0 Å². The summed E-state index contributed by atoms with van der Waals surface area (Å²) in [6.45, 7) is 1.57. The molecule has 0 aromatic carbocycles. The molecule has 2 rings (SSSR count). The predicted octanol–water partition coefficient (Wildman–Crippen LogP) is 0.400. The van der Waals surface area contributed by atoms with Crippen LogP contribution in [-0.4, -0.2) is 28.0 Å². The van der Waals surface area contributed by atoms with Crippen molar-refractivity contribution in [1.29, 1.82) is 0 Å². The number of nitrogens with zero attached hydrogens (tertiary/aromatic N) is 4. The average Bonchev–Trinajstić information content (AvgIpc) is 2.78. The second kappa shape index (κ2) is 5.72. The van der Waals surface area contributed by atoms with Crippen LogP contribution in [0.1, 0.15) is 24.6 Å². The van der Waals surface area contributed by atoms with E-state index in [-0.39, 0.29) is 12.8 Å². The number of ether oxygens (including phenoxy) is 1. The Bertz CT molecular complexity index is 672. The molecule has 9 heteroatoms. The van der Waals surface area contributed by atoms with Gasteiger partial charge in [0, 0.05) is 29.5 Å². The first-order chi connectivity index (χ1) is 9.56. The molecule has 0 amide bonds. The summed E-state index contributed by atoms with van der Waals surface area (Å²) >= 11 is 0. The molecule has 1 aromatic heterocycles. The van der Waals surface area contributed by atoms with Gasteiger partial charge in [-0.2, -0.15) is 0 Å². The summed E-state index contributed by atoms with van der Waals surface area (Å²) in [5, 5.41) is 3.58. The molecular formula is C11H13N5O4. The van der Waals surface area contributed by atoms with Crippen LogP contribution in [0.25, 0.3) is 10.4 Å². The van der Waals surface area contributed by atoms with E-state index in [0.717, 1.165) is 0 Å². The highest BCUT2D eigenvalue weighted by Gasteiger charge is 2.35. The average molecular weight is 279 g/mol. The third kappa shape index (κ3) is 2.63. The van der Waals surface area contributed by atoms with E-state index in [1.54, 1.807) is 6.92 Å². The Labute approximate surface area is 112 Å². The smallest absolute Gasteiger partial charge is 0.330 e. The SMILES string of the molecule is Cc1cn([C@H]2C[C@@H](N=[N+]=[N-])[C@@H](CC=O)O2)c(=O)[nH]c1=O. The molecule has 1 aliphatic rings. The number of carbonyl (C=O) groups excluding carboxylic acids is 1. The van der Waals surface area contributed by atoms with Gasteiger partial charge in [-0.1, -0.05) is 5.11 Å². The summed E-state index contributed by atoms with van der Waals surface area (Å²) in [5.74, 6) is 0. The molecule has 9 nitrogen and oxygen atoms in total. The molecule has 3 atom stereocenters. The lowest BCUT2D eigenvalue weighted by atomic mass is 10.1. The van der Waals surface area contributed by atoms with Gasteiger partial charge in [0.1, 0.15) is 12.5 Å². The molecule has 1 N–H and O–H groups in total. The minimum absolute atomic E-state index is 0.0806. The van der Waals surface area contributed by atoms with Crippen molar-refractivity contribution < 1.29 is 9.53 Å². The lowest BCUT2D eigenvalue weighted by molar-refractivity contribution is -0.111. The van der Waals surface area contributed by atoms with E-state index in [2.05, 4.69) is 15.0 Å². The number of nitrogens with one attached hydrogen (secondary N) is 1. The number of azide groups is 1. The van der Waals surface area contributed by atoms with Gasteiger partial charge < -0.3 is 9.53 Å². The van der Waals surface area contributed by atoms with E-state index in [0.29, 0.717) is 11.8 Å². The Balaban J connectivity index is 2.33. The summed E-state index contributed by atoms with van der Waals surface area (Å²) in [5.41, 5.74) is 7.81. The van der Waals surface area contributed by atoms with Crippen molar-refractivity contribution in [3.8, 4) is 0 Å². The lowest BCUT2D eigenvalue weighted by Crippen LogP contribution is -2.33. The Kier molecular flexibility index (Phi) is 4.02. The fraction of sp³-hybridized carbons (Fsp3) is 0.545. The largest absolute Gasteiger partial charge is 0.354 e. The Morgan fingerprint density at radius 2 is 2.40 bits per heavy atom. The first-order valence-corrected chi connectivity index (χ1v) is 6.02. The predicted molar refractivity (Wildman–Crippen MR) is 68.2 cm³/mol. The van der Waals surface area contributed by atoms with Crippen LogP contribution < -0.4 is 11.2 Å². The number of aldehydes is 1. The minimum atomic E-state index is -0.668. The monoisotopic (exact) mass is 279 g/mol. The second-order valence-corrected chi connectivity index (χ2v) is 4.52. The van der Waals surface area contributed by atoms with E-state index >= 15 is 0 Å². The summed E-state index contributed by atoms with van der Waals surface area (Å²) in [4.78, 5) is 38.6. The van der Waals surface area contributed by atoms with Crippen molar-refractivity contribution >= 4 is 6.29 Å². The van der Waals surface area contributed by atoms with Gasteiger partial charge >= 0.3 is 5.69 Å². The standard InChI is InChI=1S/C11H13N5O4/c1-6-5-16(11(19)13-10(6)18)9-4-7(14-15-12)8(20-9)2-3-17/h3,5,7-9H,2,4H2,1H3,(H,13,18,19)/t7-,8-,9-/m1/s1. The molecule has 0 bridgehead atoms. The molecule has 0 radical (unpaired) electrons. The Morgan fingerprint density at radius 1 is 1.65 bits per heavy atom. The number of aromatic nitrogens is 2. The Morgan fingerprint density at radius 3 is 3.05 bits per heavy atom. The number of carbonyl (C=O) groups is 1. The van der Waals surface area contributed by atoms with Gasteiger partial charge in [0.15, 0.2) is 0 Å². The van der Waals surface area contributed by atoms with Gasteiger partial charge in [0.05, 0.1) is 12.1 Å². The molecular weight excluding hydrogens is 266 g/mol. The summed E-state index contributed by atoms with van der Waals surface area (Å²) in [6.07, 6.45) is 1.19. The molecule has 106 valence electrons. The highest BCUT2D eigenvalue weighted by molar-refractivity contribution is 5.50. The van der Waals surface area contributed by atoms with Crippen LogP contribution in [0.4, 0.5) is 0 Å². The van der Waals surface area contributed by atoms with Gasteiger partial charge in [0.25, 0.3) is 5.56 Å². The zero-order valence-corrected chi connectivity index (χ0v) is 10.7. The van der Waals surface area contributed by atoms with Gasteiger partial charge in [-0.3, -0.25) is 14.3 Å². The lowest BCUT2D eigenvalue weighted by Gasteiger charge is -2.14. The molecule has 2 heterocycles. The summed E-state index contributed by atoms with van der Waals surface area (Å²) in [7, 11) is 0. The maximum atomic E-state index is 11.8. The molecule has 1 aliphatic heterocycles.